The van der Waals surface area contributed by atoms with E-state index in [1.54, 1.807) is 6.92 Å². The van der Waals surface area contributed by atoms with Gasteiger partial charge in [-0.3, -0.25) is 0 Å². The lowest BCUT2D eigenvalue weighted by atomic mass is 10.0. The third-order valence-electron chi connectivity index (χ3n) is 3.70. The molecule has 0 unspecified atom stereocenters. The quantitative estimate of drug-likeness (QED) is 0.686. The summed E-state index contributed by atoms with van der Waals surface area (Å²) in [5, 5.41) is 0.998. The zero-order valence-corrected chi connectivity index (χ0v) is 14.1. The highest BCUT2D eigenvalue weighted by Crippen LogP contribution is 2.33. The van der Waals surface area contributed by atoms with Gasteiger partial charge >= 0.3 is 5.97 Å². The molecule has 0 aliphatic heterocycles. The van der Waals surface area contributed by atoms with Gasteiger partial charge in [0, 0.05) is 16.5 Å². The van der Waals surface area contributed by atoms with Gasteiger partial charge in [0.05, 0.1) is 12.7 Å². The average molecular weight is 323 g/mol. The lowest BCUT2D eigenvalue weighted by molar-refractivity contribution is 0.0521. The van der Waals surface area contributed by atoms with Gasteiger partial charge in [-0.1, -0.05) is 30.3 Å². The average Bonchev–Trinajstić information content (AvgIpc) is 2.95. The molecule has 1 aromatic heterocycles. The second kappa shape index (κ2) is 6.79. The number of para-hydroxylation sites is 1. The van der Waals surface area contributed by atoms with E-state index in [9.17, 15) is 4.79 Å². The van der Waals surface area contributed by atoms with E-state index in [0.29, 0.717) is 12.3 Å². The number of hydrogen-bond acceptors (Lipinski definition) is 3. The van der Waals surface area contributed by atoms with Gasteiger partial charge in [-0.05, 0) is 44.5 Å². The molecule has 0 saturated heterocycles. The Morgan fingerprint density at radius 1 is 1.08 bits per heavy atom. The first-order chi connectivity index (χ1) is 11.6. The number of ether oxygens (including phenoxy) is 2. The molecule has 1 N–H and O–H groups in total. The summed E-state index contributed by atoms with van der Waals surface area (Å²) in [6.07, 6.45) is 0.124. The van der Waals surface area contributed by atoms with Gasteiger partial charge in [-0.2, -0.15) is 0 Å². The molecule has 4 heteroatoms. The number of benzene rings is 2. The normalized spacial score (nSPS) is 11.0. The fraction of sp³-hybridized carbons (Fsp3) is 0.250. The smallest absolute Gasteiger partial charge is 0.355 e. The zero-order valence-electron chi connectivity index (χ0n) is 14.1. The molecule has 1 heterocycles. The topological polar surface area (TPSA) is 51.3 Å². The molecule has 0 saturated carbocycles. The van der Waals surface area contributed by atoms with Gasteiger partial charge in [0.15, 0.2) is 0 Å². The van der Waals surface area contributed by atoms with Gasteiger partial charge in [-0.15, -0.1) is 0 Å². The van der Waals surface area contributed by atoms with Gasteiger partial charge in [0.25, 0.3) is 0 Å². The van der Waals surface area contributed by atoms with Crippen molar-refractivity contribution in [3.05, 3.63) is 54.2 Å². The summed E-state index contributed by atoms with van der Waals surface area (Å²) in [7, 11) is 0. The number of esters is 1. The molecule has 124 valence electrons. The van der Waals surface area contributed by atoms with Crippen LogP contribution in [0.4, 0.5) is 0 Å². The van der Waals surface area contributed by atoms with Crippen LogP contribution in [-0.4, -0.2) is 23.7 Å². The second-order valence-electron chi connectivity index (χ2n) is 5.83. The highest BCUT2D eigenvalue weighted by molar-refractivity contribution is 6.08. The van der Waals surface area contributed by atoms with Crippen molar-refractivity contribution in [1.29, 1.82) is 0 Å². The van der Waals surface area contributed by atoms with Gasteiger partial charge in [-0.25, -0.2) is 4.79 Å². The van der Waals surface area contributed by atoms with Crippen LogP contribution in [0.3, 0.4) is 0 Å². The van der Waals surface area contributed by atoms with Crippen LogP contribution in [0, 0.1) is 0 Å². The van der Waals surface area contributed by atoms with Crippen LogP contribution in [-0.2, 0) is 4.74 Å². The predicted molar refractivity (Wildman–Crippen MR) is 95.5 cm³/mol. The second-order valence-corrected chi connectivity index (χ2v) is 5.83. The number of hydrogen-bond donors (Lipinski definition) is 1. The van der Waals surface area contributed by atoms with E-state index in [1.807, 2.05) is 62.4 Å². The molecule has 2 aromatic carbocycles. The fourth-order valence-corrected chi connectivity index (χ4v) is 2.77. The Kier molecular flexibility index (Phi) is 4.56. The summed E-state index contributed by atoms with van der Waals surface area (Å²) in [4.78, 5) is 15.5. The largest absolute Gasteiger partial charge is 0.491 e. The fourth-order valence-electron chi connectivity index (χ4n) is 2.77. The highest BCUT2D eigenvalue weighted by atomic mass is 16.5. The molecule has 0 radical (unpaired) electrons. The number of nitrogens with one attached hydrogen (secondary N) is 1. The van der Waals surface area contributed by atoms with Crippen molar-refractivity contribution >= 4 is 16.9 Å². The first-order valence-corrected chi connectivity index (χ1v) is 8.15. The molecule has 0 spiro atoms. The SMILES string of the molecule is CCOC(=O)c1[nH]c2ccccc2c1-c1ccc(OC(C)C)cc1. The van der Waals surface area contributed by atoms with E-state index in [0.717, 1.165) is 27.8 Å². The van der Waals surface area contributed by atoms with Crippen molar-refractivity contribution < 1.29 is 14.3 Å². The molecular weight excluding hydrogens is 302 g/mol. The molecule has 0 amide bonds. The molecule has 0 fully saturated rings. The lowest BCUT2D eigenvalue weighted by Crippen LogP contribution is -2.07. The van der Waals surface area contributed by atoms with Crippen molar-refractivity contribution in [3.8, 4) is 16.9 Å². The minimum absolute atomic E-state index is 0.124. The highest BCUT2D eigenvalue weighted by Gasteiger charge is 2.20. The minimum Gasteiger partial charge on any atom is -0.491 e. The first kappa shape index (κ1) is 16.1. The van der Waals surface area contributed by atoms with Gasteiger partial charge < -0.3 is 14.5 Å². The van der Waals surface area contributed by atoms with Crippen LogP contribution in [0.1, 0.15) is 31.3 Å². The summed E-state index contributed by atoms with van der Waals surface area (Å²) < 4.78 is 10.9. The van der Waals surface area contributed by atoms with Crippen LogP contribution >= 0.6 is 0 Å². The summed E-state index contributed by atoms with van der Waals surface area (Å²) in [5.41, 5.74) is 3.21. The van der Waals surface area contributed by atoms with Crippen LogP contribution in [0.5, 0.6) is 5.75 Å². The van der Waals surface area contributed by atoms with Crippen molar-refractivity contribution in [3.63, 3.8) is 0 Å². The molecule has 24 heavy (non-hydrogen) atoms. The Morgan fingerprint density at radius 3 is 2.46 bits per heavy atom. The number of aromatic nitrogens is 1. The monoisotopic (exact) mass is 323 g/mol. The summed E-state index contributed by atoms with van der Waals surface area (Å²) >= 11 is 0. The maximum Gasteiger partial charge on any atom is 0.355 e. The van der Waals surface area contributed by atoms with Crippen LogP contribution in [0.2, 0.25) is 0 Å². The molecule has 0 aliphatic carbocycles. The molecule has 3 rings (SSSR count). The standard InChI is InChI=1S/C20H21NO3/c1-4-23-20(22)19-18(16-7-5-6-8-17(16)21-19)14-9-11-15(12-10-14)24-13(2)3/h5-13,21H,4H2,1-3H3. The van der Waals surface area contributed by atoms with Crippen molar-refractivity contribution in [2.45, 2.75) is 26.9 Å². The summed E-state index contributed by atoms with van der Waals surface area (Å²) in [6, 6.07) is 15.6. The summed E-state index contributed by atoms with van der Waals surface area (Å²) in [6.45, 7) is 6.13. The number of fused-ring (bicyclic) bond motifs is 1. The van der Waals surface area contributed by atoms with E-state index < -0.39 is 0 Å². The predicted octanol–water partition coefficient (Wildman–Crippen LogP) is 4.80. The Hall–Kier alpha value is -2.75. The molecule has 0 bridgehead atoms. The van der Waals surface area contributed by atoms with Gasteiger partial charge in [0.2, 0.25) is 0 Å². The number of carbonyl (C=O) groups excluding carboxylic acids is 1. The Morgan fingerprint density at radius 2 is 1.79 bits per heavy atom. The summed E-state index contributed by atoms with van der Waals surface area (Å²) in [5.74, 6) is 0.470. The molecule has 0 aliphatic rings. The maximum absolute atomic E-state index is 12.3. The van der Waals surface area contributed by atoms with E-state index >= 15 is 0 Å². The Balaban J connectivity index is 2.09. The Bertz CT molecular complexity index is 847. The number of carbonyl (C=O) groups is 1. The molecular formula is C20H21NO3. The third-order valence-corrected chi connectivity index (χ3v) is 3.70. The van der Waals surface area contributed by atoms with E-state index in [2.05, 4.69) is 4.98 Å². The number of H-pyrrole nitrogens is 1. The van der Waals surface area contributed by atoms with Crippen molar-refractivity contribution in [2.24, 2.45) is 0 Å². The minimum atomic E-state index is -0.341. The van der Waals surface area contributed by atoms with E-state index in [4.69, 9.17) is 9.47 Å². The van der Waals surface area contributed by atoms with Gasteiger partial charge in [0.1, 0.15) is 11.4 Å². The van der Waals surface area contributed by atoms with E-state index in [-0.39, 0.29) is 12.1 Å². The zero-order chi connectivity index (χ0) is 17.1. The number of rotatable bonds is 5. The molecule has 3 aromatic rings. The first-order valence-electron chi connectivity index (χ1n) is 8.15. The van der Waals surface area contributed by atoms with Crippen molar-refractivity contribution in [1.82, 2.24) is 4.98 Å². The van der Waals surface area contributed by atoms with Crippen LogP contribution < -0.4 is 4.74 Å². The molecule has 0 atom stereocenters. The molecule has 4 nitrogen and oxygen atoms in total. The lowest BCUT2D eigenvalue weighted by Gasteiger charge is -2.10. The van der Waals surface area contributed by atoms with Crippen LogP contribution in [0.15, 0.2) is 48.5 Å². The van der Waals surface area contributed by atoms with Crippen LogP contribution in [0.25, 0.3) is 22.0 Å². The van der Waals surface area contributed by atoms with Crippen molar-refractivity contribution in [2.75, 3.05) is 6.61 Å². The maximum atomic E-state index is 12.3. The van der Waals surface area contributed by atoms with E-state index in [1.165, 1.54) is 0 Å². The Labute approximate surface area is 141 Å². The number of aromatic amines is 1. The third kappa shape index (κ3) is 3.13.